The average Bonchev–Trinajstić information content (AvgIpc) is 2.45. The molecule has 88 valence electrons. The van der Waals surface area contributed by atoms with E-state index in [1.165, 1.54) is 0 Å². The van der Waals surface area contributed by atoms with Crippen LogP contribution in [0.1, 0.15) is 25.7 Å². The van der Waals surface area contributed by atoms with Crippen molar-refractivity contribution in [2.75, 3.05) is 5.75 Å². The Bertz CT molecular complexity index is 457. The van der Waals surface area contributed by atoms with Gasteiger partial charge in [-0.3, -0.25) is 0 Å². The van der Waals surface area contributed by atoms with Crippen LogP contribution in [0.4, 0.5) is 0 Å². The van der Waals surface area contributed by atoms with Gasteiger partial charge < -0.3 is 0 Å². The Balaban J connectivity index is 2.21. The highest BCUT2D eigenvalue weighted by Gasteiger charge is 2.65. The van der Waals surface area contributed by atoms with E-state index in [0.29, 0.717) is 0 Å². The van der Waals surface area contributed by atoms with E-state index in [1.807, 2.05) is 0 Å². The van der Waals surface area contributed by atoms with Gasteiger partial charge in [0.2, 0.25) is 0 Å². The van der Waals surface area contributed by atoms with Gasteiger partial charge in [-0.1, -0.05) is 24.3 Å². The molecule has 0 spiro atoms. The molecule has 1 atom stereocenters. The zero-order valence-electron chi connectivity index (χ0n) is 9.02. The van der Waals surface area contributed by atoms with Gasteiger partial charge in [-0.25, -0.2) is 8.42 Å². The van der Waals surface area contributed by atoms with Crippen molar-refractivity contribution in [2.24, 2.45) is 10.8 Å². The van der Waals surface area contributed by atoms with Crippen LogP contribution >= 0.6 is 11.6 Å². The molecule has 0 saturated carbocycles. The number of alkyl halides is 1. The van der Waals surface area contributed by atoms with Gasteiger partial charge in [0.25, 0.3) is 0 Å². The molecule has 1 fully saturated rings. The summed E-state index contributed by atoms with van der Waals surface area (Å²) in [7, 11) is -3.12. The van der Waals surface area contributed by atoms with Crippen LogP contribution < -0.4 is 0 Å². The van der Waals surface area contributed by atoms with Crippen LogP contribution in [0.2, 0.25) is 0 Å². The maximum Gasteiger partial charge on any atom is 0.168 e. The Morgan fingerprint density at radius 3 is 2.00 bits per heavy atom. The molecule has 0 N–H and O–H groups in total. The molecule has 1 aliphatic heterocycles. The third-order valence-corrected chi connectivity index (χ3v) is 7.87. The summed E-state index contributed by atoms with van der Waals surface area (Å²) in [6.45, 7) is 0. The molecule has 0 unspecified atom stereocenters. The summed E-state index contributed by atoms with van der Waals surface area (Å²) in [6, 6.07) is 0. The average molecular weight is 259 g/mol. The lowest BCUT2D eigenvalue weighted by molar-refractivity contribution is 0.0763. The third kappa shape index (κ3) is 1.11. The summed E-state index contributed by atoms with van der Waals surface area (Å²) < 4.78 is 23.5. The quantitative estimate of drug-likeness (QED) is 0.495. The maximum absolute atomic E-state index is 12.1. The van der Waals surface area contributed by atoms with E-state index < -0.39 is 14.5 Å². The molecule has 0 aromatic heterocycles. The highest BCUT2D eigenvalue weighted by molar-refractivity contribution is 7.93. The Kier molecular flexibility index (Phi) is 2.13. The fourth-order valence-electron chi connectivity index (χ4n) is 3.70. The second kappa shape index (κ2) is 3.14. The van der Waals surface area contributed by atoms with Gasteiger partial charge >= 0.3 is 0 Å². The van der Waals surface area contributed by atoms with Crippen molar-refractivity contribution in [3.05, 3.63) is 24.3 Å². The fourth-order valence-corrected chi connectivity index (χ4v) is 6.87. The number of sulfone groups is 1. The van der Waals surface area contributed by atoms with Gasteiger partial charge in [0, 0.05) is 5.41 Å². The molecule has 1 heterocycles. The van der Waals surface area contributed by atoms with Gasteiger partial charge in [0.15, 0.2) is 9.84 Å². The fraction of sp³-hybridized carbons (Fsp3) is 0.667. The van der Waals surface area contributed by atoms with Crippen LogP contribution in [0.25, 0.3) is 0 Å². The van der Waals surface area contributed by atoms with E-state index in [1.54, 1.807) is 0 Å². The van der Waals surface area contributed by atoms with Crippen LogP contribution in [-0.2, 0) is 9.84 Å². The first kappa shape index (κ1) is 10.8. The van der Waals surface area contributed by atoms with Crippen molar-refractivity contribution >= 4 is 21.4 Å². The summed E-state index contributed by atoms with van der Waals surface area (Å²) in [5.41, 5.74) is -0.362. The lowest BCUT2D eigenvalue weighted by Gasteiger charge is -2.49. The van der Waals surface area contributed by atoms with Gasteiger partial charge in [-0.15, -0.1) is 11.6 Å². The third-order valence-electron chi connectivity index (χ3n) is 4.60. The number of hydrogen-bond donors (Lipinski definition) is 0. The molecule has 1 saturated heterocycles. The standard InChI is InChI=1S/C12H15ClO2S/c13-10-12-7-3-1-5-11(12,6-2-4-8-12)9-16(10,14)15/h1-4,10H,5-9H2/t10-,11?,12?/m0/s1. The predicted molar refractivity (Wildman–Crippen MR) is 65.0 cm³/mol. The van der Waals surface area contributed by atoms with Crippen molar-refractivity contribution < 1.29 is 8.42 Å². The molecule has 0 aromatic carbocycles. The lowest BCUT2D eigenvalue weighted by atomic mass is 9.55. The number of hydrogen-bond acceptors (Lipinski definition) is 2. The van der Waals surface area contributed by atoms with E-state index in [-0.39, 0.29) is 16.6 Å². The van der Waals surface area contributed by atoms with Crippen molar-refractivity contribution in [2.45, 2.75) is 30.4 Å². The topological polar surface area (TPSA) is 34.1 Å². The summed E-state index contributed by atoms with van der Waals surface area (Å²) in [6.07, 6.45) is 11.8. The summed E-state index contributed by atoms with van der Waals surface area (Å²) in [4.78, 5) is 0. The monoisotopic (exact) mass is 258 g/mol. The van der Waals surface area contributed by atoms with E-state index >= 15 is 0 Å². The predicted octanol–water partition coefficient (Wildman–Crippen LogP) is 2.65. The minimum absolute atomic E-state index is 0.123. The Labute approximate surface area is 101 Å². The molecule has 0 amide bonds. The van der Waals surface area contributed by atoms with Gasteiger partial charge in [-0.05, 0) is 31.1 Å². The van der Waals surface area contributed by atoms with Crippen molar-refractivity contribution in [1.29, 1.82) is 0 Å². The summed E-state index contributed by atoms with van der Waals surface area (Å²) in [5.74, 6) is 0.267. The smallest absolute Gasteiger partial charge is 0.168 e. The number of allylic oxidation sites excluding steroid dienone is 4. The second-order valence-electron chi connectivity index (χ2n) is 5.32. The Hall–Kier alpha value is -0.280. The van der Waals surface area contributed by atoms with E-state index in [9.17, 15) is 8.42 Å². The molecule has 2 nitrogen and oxygen atoms in total. The highest BCUT2D eigenvalue weighted by Crippen LogP contribution is 2.64. The zero-order valence-corrected chi connectivity index (χ0v) is 10.6. The first-order valence-corrected chi connectivity index (χ1v) is 7.83. The maximum atomic E-state index is 12.1. The zero-order chi connectivity index (χ0) is 11.4. The molecule has 2 aliphatic carbocycles. The molecule has 0 aromatic rings. The van der Waals surface area contributed by atoms with E-state index in [2.05, 4.69) is 24.3 Å². The van der Waals surface area contributed by atoms with Gasteiger partial charge in [-0.2, -0.15) is 0 Å². The first-order valence-electron chi connectivity index (χ1n) is 5.68. The normalized spacial score (nSPS) is 48.7. The van der Waals surface area contributed by atoms with Crippen molar-refractivity contribution in [3.8, 4) is 0 Å². The lowest BCUT2D eigenvalue weighted by Crippen LogP contribution is -2.45. The molecule has 3 aliphatic rings. The summed E-state index contributed by atoms with van der Waals surface area (Å²) >= 11 is 6.28. The summed E-state index contributed by atoms with van der Waals surface area (Å²) in [5, 5.41) is 0. The SMILES string of the molecule is O=S1(=O)CC23CC=CCC2(CC=CC3)[C@H]1Cl. The molecular formula is C12H15ClO2S. The largest absolute Gasteiger partial charge is 0.227 e. The molecule has 16 heavy (non-hydrogen) atoms. The van der Waals surface area contributed by atoms with Crippen molar-refractivity contribution in [3.63, 3.8) is 0 Å². The molecule has 4 heteroatoms. The van der Waals surface area contributed by atoms with Crippen LogP contribution in [-0.4, -0.2) is 18.9 Å². The minimum atomic E-state index is -3.12. The van der Waals surface area contributed by atoms with E-state index in [4.69, 9.17) is 11.6 Å². The first-order chi connectivity index (χ1) is 7.53. The molecule has 0 radical (unpaired) electrons. The molecular weight excluding hydrogens is 244 g/mol. The van der Waals surface area contributed by atoms with Crippen LogP contribution in [0.3, 0.4) is 0 Å². The van der Waals surface area contributed by atoms with Gasteiger partial charge in [0.05, 0.1) is 5.75 Å². The second-order valence-corrected chi connectivity index (χ2v) is 8.10. The van der Waals surface area contributed by atoms with Crippen LogP contribution in [0, 0.1) is 10.8 Å². The van der Waals surface area contributed by atoms with E-state index in [0.717, 1.165) is 25.7 Å². The van der Waals surface area contributed by atoms with Crippen LogP contribution in [0.5, 0.6) is 0 Å². The number of halogens is 1. The number of rotatable bonds is 0. The van der Waals surface area contributed by atoms with Crippen LogP contribution in [0.15, 0.2) is 24.3 Å². The highest BCUT2D eigenvalue weighted by atomic mass is 35.5. The minimum Gasteiger partial charge on any atom is -0.227 e. The van der Waals surface area contributed by atoms with Crippen molar-refractivity contribution in [1.82, 2.24) is 0 Å². The molecule has 3 rings (SSSR count). The molecule has 0 bridgehead atoms. The Morgan fingerprint density at radius 2 is 1.50 bits per heavy atom. The van der Waals surface area contributed by atoms with Gasteiger partial charge in [0.1, 0.15) is 4.71 Å². The Morgan fingerprint density at radius 1 is 1.00 bits per heavy atom.